The number of hydrogen-bond donors (Lipinski definition) is 2. The van der Waals surface area contributed by atoms with Gasteiger partial charge < -0.3 is 14.6 Å². The van der Waals surface area contributed by atoms with Crippen molar-refractivity contribution in [3.05, 3.63) is 48.3 Å². The minimum absolute atomic E-state index is 0.0230. The molecule has 0 amide bonds. The number of halogens is 2. The number of phenolic OH excluding ortho intramolecular Hbond substituents is 2. The first-order valence-electron chi connectivity index (χ1n) is 5.93. The van der Waals surface area contributed by atoms with Crippen LogP contribution in [-0.2, 0) is 0 Å². The first-order valence-corrected chi connectivity index (χ1v) is 6.72. The van der Waals surface area contributed by atoms with Crippen LogP contribution in [0.3, 0.4) is 0 Å². The molecule has 2 aromatic carbocycles. The first-order chi connectivity index (χ1) is 9.95. The molecule has 1 aromatic heterocycles. The zero-order valence-corrected chi connectivity index (χ0v) is 12.2. The van der Waals surface area contributed by atoms with Gasteiger partial charge in [0.15, 0.2) is 17.1 Å². The summed E-state index contributed by atoms with van der Waals surface area (Å²) in [4.78, 5) is 4.22. The van der Waals surface area contributed by atoms with Crippen LogP contribution in [-0.4, -0.2) is 15.2 Å². The summed E-state index contributed by atoms with van der Waals surface area (Å²) in [5.41, 5.74) is 1.79. The average molecular weight is 350 g/mol. The lowest BCUT2D eigenvalue weighted by atomic mass is 10.2. The number of rotatable bonds is 2. The van der Waals surface area contributed by atoms with E-state index < -0.39 is 11.6 Å². The fourth-order valence-corrected chi connectivity index (χ4v) is 2.28. The highest BCUT2D eigenvalue weighted by Crippen LogP contribution is 2.35. The lowest BCUT2D eigenvalue weighted by molar-refractivity contribution is 0.432. The predicted molar refractivity (Wildman–Crippen MR) is 80.7 cm³/mol. The molecule has 0 unspecified atom stereocenters. The molecule has 0 fully saturated rings. The number of fused-ring (bicyclic) bond motifs is 1. The van der Waals surface area contributed by atoms with Crippen molar-refractivity contribution in [3.63, 3.8) is 0 Å². The molecule has 2 N–H and O–H groups in total. The van der Waals surface area contributed by atoms with Crippen molar-refractivity contribution in [2.75, 3.05) is 0 Å². The van der Waals surface area contributed by atoms with Gasteiger partial charge in [0.1, 0.15) is 11.3 Å². The number of oxazole rings is 1. The summed E-state index contributed by atoms with van der Waals surface area (Å²) in [6.45, 7) is 3.75. The first kappa shape index (κ1) is 13.6. The number of nitrogens with zero attached hydrogens (tertiary/aromatic N) is 1. The van der Waals surface area contributed by atoms with Crippen LogP contribution in [0.2, 0.25) is 0 Å². The highest BCUT2D eigenvalue weighted by Gasteiger charge is 2.15. The smallest absolute Gasteiger partial charge is 0.227 e. The average Bonchev–Trinajstić information content (AvgIpc) is 2.84. The Kier molecular flexibility index (Phi) is 3.17. The van der Waals surface area contributed by atoms with Gasteiger partial charge in [0.25, 0.3) is 0 Å². The van der Waals surface area contributed by atoms with Crippen LogP contribution < -0.4 is 0 Å². The molecule has 0 aliphatic rings. The van der Waals surface area contributed by atoms with E-state index in [0.29, 0.717) is 26.7 Å². The van der Waals surface area contributed by atoms with E-state index in [9.17, 15) is 14.6 Å². The summed E-state index contributed by atoms with van der Waals surface area (Å²) in [7, 11) is 0. The molecule has 1 heterocycles. The van der Waals surface area contributed by atoms with Crippen LogP contribution in [0.25, 0.3) is 27.0 Å². The third-order valence-electron chi connectivity index (χ3n) is 2.96. The molecular formula is C15H9BrFNO3. The maximum absolute atomic E-state index is 13.4. The van der Waals surface area contributed by atoms with Gasteiger partial charge in [0.2, 0.25) is 5.89 Å². The Balaban J connectivity index is 2.23. The van der Waals surface area contributed by atoms with Crippen molar-refractivity contribution in [1.29, 1.82) is 0 Å². The second kappa shape index (κ2) is 4.89. The highest BCUT2D eigenvalue weighted by molar-refractivity contribution is 9.15. The van der Waals surface area contributed by atoms with Crippen LogP contribution in [0.5, 0.6) is 11.5 Å². The fraction of sp³-hybridized carbons (Fsp3) is 0. The molecule has 0 aliphatic heterocycles. The van der Waals surface area contributed by atoms with Gasteiger partial charge in [-0.25, -0.2) is 9.37 Å². The molecule has 6 heteroatoms. The maximum Gasteiger partial charge on any atom is 0.227 e. The minimum Gasteiger partial charge on any atom is -0.508 e. The van der Waals surface area contributed by atoms with Gasteiger partial charge in [-0.2, -0.15) is 0 Å². The van der Waals surface area contributed by atoms with Crippen LogP contribution in [0.4, 0.5) is 4.39 Å². The van der Waals surface area contributed by atoms with E-state index in [-0.39, 0.29) is 11.6 Å². The monoisotopic (exact) mass is 349 g/mol. The Hall–Kier alpha value is -2.34. The molecule has 4 nitrogen and oxygen atoms in total. The normalized spacial score (nSPS) is 11.0. The van der Waals surface area contributed by atoms with Crippen molar-refractivity contribution in [2.45, 2.75) is 0 Å². The van der Waals surface area contributed by atoms with Gasteiger partial charge in [-0.05, 0) is 24.3 Å². The standard InChI is InChI=1S/C15H9BrFNO3/c1-7(16)10-5-9(19)6-12-14(10)21-15(18-12)8-2-3-13(20)11(17)4-8/h2-6,19-20H,1H2. The van der Waals surface area contributed by atoms with Gasteiger partial charge in [0.05, 0.1) is 0 Å². The number of benzene rings is 2. The Morgan fingerprint density at radius 3 is 2.67 bits per heavy atom. The van der Waals surface area contributed by atoms with E-state index in [1.54, 1.807) is 0 Å². The number of hydrogen-bond acceptors (Lipinski definition) is 4. The Morgan fingerprint density at radius 1 is 1.24 bits per heavy atom. The molecule has 0 saturated carbocycles. The molecule has 0 radical (unpaired) electrons. The lowest BCUT2D eigenvalue weighted by Gasteiger charge is -2.00. The maximum atomic E-state index is 13.4. The highest BCUT2D eigenvalue weighted by atomic mass is 79.9. The summed E-state index contributed by atoms with van der Waals surface area (Å²) in [6.07, 6.45) is 0. The fourth-order valence-electron chi connectivity index (χ4n) is 1.98. The molecule has 21 heavy (non-hydrogen) atoms. The van der Waals surface area contributed by atoms with Crippen molar-refractivity contribution in [2.24, 2.45) is 0 Å². The molecule has 0 aliphatic carbocycles. The van der Waals surface area contributed by atoms with Gasteiger partial charge in [-0.3, -0.25) is 0 Å². The van der Waals surface area contributed by atoms with Crippen molar-refractivity contribution >= 4 is 31.5 Å². The topological polar surface area (TPSA) is 66.5 Å². The van der Waals surface area contributed by atoms with Crippen molar-refractivity contribution in [3.8, 4) is 23.0 Å². The van der Waals surface area contributed by atoms with E-state index in [2.05, 4.69) is 27.5 Å². The molecular weight excluding hydrogens is 341 g/mol. The quantitative estimate of drug-likeness (QED) is 0.719. The summed E-state index contributed by atoms with van der Waals surface area (Å²) in [5, 5.41) is 18.9. The second-order valence-corrected chi connectivity index (χ2v) is 5.39. The third-order valence-corrected chi connectivity index (χ3v) is 3.39. The van der Waals surface area contributed by atoms with Gasteiger partial charge in [0, 0.05) is 21.7 Å². The molecule has 0 spiro atoms. The minimum atomic E-state index is -0.761. The van der Waals surface area contributed by atoms with E-state index in [4.69, 9.17) is 4.42 Å². The number of aromatic nitrogens is 1. The third kappa shape index (κ3) is 2.38. The van der Waals surface area contributed by atoms with Crippen LogP contribution in [0, 0.1) is 5.82 Å². The Morgan fingerprint density at radius 2 is 2.00 bits per heavy atom. The summed E-state index contributed by atoms with van der Waals surface area (Å²) < 4.78 is 19.6. The molecule has 0 atom stereocenters. The van der Waals surface area contributed by atoms with Gasteiger partial charge >= 0.3 is 0 Å². The van der Waals surface area contributed by atoms with Crippen molar-refractivity contribution < 1.29 is 19.0 Å². The lowest BCUT2D eigenvalue weighted by Crippen LogP contribution is -1.80. The molecule has 0 saturated heterocycles. The largest absolute Gasteiger partial charge is 0.508 e. The zero-order valence-electron chi connectivity index (χ0n) is 10.6. The van der Waals surface area contributed by atoms with Crippen molar-refractivity contribution in [1.82, 2.24) is 4.98 Å². The van der Waals surface area contributed by atoms with Gasteiger partial charge in [-0.1, -0.05) is 22.5 Å². The summed E-state index contributed by atoms with van der Waals surface area (Å²) in [5.74, 6) is -0.996. The zero-order chi connectivity index (χ0) is 15.1. The predicted octanol–water partition coefficient (Wildman–Crippen LogP) is 4.41. The number of aromatic hydroxyl groups is 2. The second-order valence-electron chi connectivity index (χ2n) is 4.43. The van der Waals surface area contributed by atoms with Gasteiger partial charge in [-0.15, -0.1) is 0 Å². The molecule has 3 rings (SSSR count). The van der Waals surface area contributed by atoms with Crippen LogP contribution in [0.1, 0.15) is 5.56 Å². The summed E-state index contributed by atoms with van der Waals surface area (Å²) >= 11 is 3.24. The van der Waals surface area contributed by atoms with Crippen LogP contribution in [0.15, 0.2) is 41.3 Å². The van der Waals surface area contributed by atoms with Crippen LogP contribution >= 0.6 is 15.9 Å². The van der Waals surface area contributed by atoms with E-state index >= 15 is 0 Å². The molecule has 3 aromatic rings. The number of phenols is 2. The SMILES string of the molecule is C=C(Br)c1cc(O)cc2nc(-c3ccc(O)c(F)c3)oc12. The summed E-state index contributed by atoms with van der Waals surface area (Å²) in [6, 6.07) is 6.78. The Labute approximate surface area is 127 Å². The molecule has 0 bridgehead atoms. The van der Waals surface area contributed by atoms with E-state index in [1.807, 2.05) is 0 Å². The molecule has 106 valence electrons. The van der Waals surface area contributed by atoms with E-state index in [0.717, 1.165) is 6.07 Å². The van der Waals surface area contributed by atoms with E-state index in [1.165, 1.54) is 24.3 Å². The Bertz CT molecular complexity index is 873.